The van der Waals surface area contributed by atoms with E-state index in [0.717, 1.165) is 0 Å². The molecule has 0 saturated heterocycles. The van der Waals surface area contributed by atoms with Gasteiger partial charge in [-0.25, -0.2) is 9.78 Å². The molecule has 0 bridgehead atoms. The number of methoxy groups -OCH3 is 1. The summed E-state index contributed by atoms with van der Waals surface area (Å²) in [5.74, 6) is -1.45. The average molecular weight is 449 g/mol. The minimum atomic E-state index is -2.51. The van der Waals surface area contributed by atoms with E-state index < -0.39 is 19.8 Å². The number of carbonyl (C=O) groups is 1. The van der Waals surface area contributed by atoms with Crippen LogP contribution in [0.25, 0.3) is 0 Å². The van der Waals surface area contributed by atoms with Crippen molar-refractivity contribution in [1.82, 2.24) is 9.55 Å². The van der Waals surface area contributed by atoms with Gasteiger partial charge in [-0.3, -0.25) is 9.36 Å². The number of hydrogen-bond donors (Lipinski definition) is 1. The third-order valence-electron chi connectivity index (χ3n) is 4.79. The van der Waals surface area contributed by atoms with Crippen LogP contribution in [0.4, 0.5) is 0 Å². The van der Waals surface area contributed by atoms with Gasteiger partial charge in [0.05, 0.1) is 13.2 Å². The lowest BCUT2D eigenvalue weighted by Gasteiger charge is -2.42. The molecule has 0 aliphatic heterocycles. The van der Waals surface area contributed by atoms with Crippen LogP contribution in [0, 0.1) is 0 Å². The second-order valence-corrected chi connectivity index (χ2v) is 13.3. The van der Waals surface area contributed by atoms with Crippen molar-refractivity contribution in [3.05, 3.63) is 20.8 Å². The Balaban J connectivity index is 3.68. The molecule has 0 amide bonds. The number of nitrogens with zero attached hydrogens (tertiary/aromatic N) is 2. The van der Waals surface area contributed by atoms with E-state index in [9.17, 15) is 14.7 Å². The third kappa shape index (κ3) is 4.37. The molecule has 26 heavy (non-hydrogen) atoms. The zero-order valence-corrected chi connectivity index (χ0v) is 19.1. The Hall–Kier alpha value is -1.19. The summed E-state index contributed by atoms with van der Waals surface area (Å²) in [5.41, 5.74) is -0.270. The molecule has 0 radical (unpaired) electrons. The van der Waals surface area contributed by atoms with E-state index in [0.29, 0.717) is 6.61 Å². The Labute approximate surface area is 164 Å². The monoisotopic (exact) mass is 448 g/mol. The van der Waals surface area contributed by atoms with E-state index in [2.05, 4.69) is 62.5 Å². The molecule has 1 rings (SSSR count). The molecule has 9 heteroatoms. The second-order valence-electron chi connectivity index (χ2n) is 7.23. The van der Waals surface area contributed by atoms with Gasteiger partial charge in [0.15, 0.2) is 10.4 Å². The fraction of sp³-hybridized carbons (Fsp3) is 0.706. The standard InChI is InChI=1S/C17H29BrN2O5Si/c1-10(2)26(11(3)4,12(5)6)25-14-13(16(22)23)19-17(18)20(15(14)21)8-9-24-7/h10-12H,8-9H2,1-7H3,(H,22,23). The van der Waals surface area contributed by atoms with Crippen LogP contribution >= 0.6 is 15.9 Å². The Kier molecular flexibility index (Phi) is 8.03. The maximum absolute atomic E-state index is 13.0. The summed E-state index contributed by atoms with van der Waals surface area (Å²) in [6, 6.07) is 0. The van der Waals surface area contributed by atoms with Crippen LogP contribution in [0.2, 0.25) is 16.6 Å². The molecule has 148 valence electrons. The van der Waals surface area contributed by atoms with Crippen LogP contribution in [0.1, 0.15) is 52.0 Å². The Morgan fingerprint density at radius 1 is 1.19 bits per heavy atom. The van der Waals surface area contributed by atoms with Crippen molar-refractivity contribution in [2.75, 3.05) is 13.7 Å². The fourth-order valence-corrected chi connectivity index (χ4v) is 9.42. The Morgan fingerprint density at radius 3 is 2.08 bits per heavy atom. The Morgan fingerprint density at radius 2 is 1.69 bits per heavy atom. The second kappa shape index (κ2) is 9.14. The van der Waals surface area contributed by atoms with E-state index >= 15 is 0 Å². The smallest absolute Gasteiger partial charge is 0.358 e. The van der Waals surface area contributed by atoms with Crippen molar-refractivity contribution in [2.45, 2.75) is 64.7 Å². The molecule has 0 aliphatic carbocycles. The molecule has 1 heterocycles. The van der Waals surface area contributed by atoms with Crippen LogP contribution < -0.4 is 9.99 Å². The predicted molar refractivity (Wildman–Crippen MR) is 107 cm³/mol. The highest BCUT2D eigenvalue weighted by atomic mass is 79.9. The lowest BCUT2D eigenvalue weighted by atomic mass is 10.3. The van der Waals surface area contributed by atoms with Crippen molar-refractivity contribution in [2.24, 2.45) is 0 Å². The highest BCUT2D eigenvalue weighted by Gasteiger charge is 2.48. The first-order valence-corrected chi connectivity index (χ1v) is 11.7. The summed E-state index contributed by atoms with van der Waals surface area (Å²) in [4.78, 5) is 28.8. The minimum absolute atomic E-state index is 0.148. The molecule has 0 atom stereocenters. The van der Waals surface area contributed by atoms with Crippen LogP contribution in [0.15, 0.2) is 9.53 Å². The van der Waals surface area contributed by atoms with Gasteiger partial charge < -0.3 is 14.3 Å². The van der Waals surface area contributed by atoms with Crippen LogP contribution in [0.3, 0.4) is 0 Å². The maximum atomic E-state index is 13.0. The van der Waals surface area contributed by atoms with E-state index in [1.807, 2.05) is 0 Å². The molecule has 1 aromatic heterocycles. The number of rotatable bonds is 9. The van der Waals surface area contributed by atoms with Crippen LogP contribution in [-0.2, 0) is 11.3 Å². The molecule has 0 unspecified atom stereocenters. The number of aromatic carboxylic acids is 1. The average Bonchev–Trinajstić information content (AvgIpc) is 2.52. The first-order chi connectivity index (χ1) is 12.0. The molecular formula is C17H29BrN2O5Si. The lowest BCUT2D eigenvalue weighted by molar-refractivity contribution is 0.0686. The zero-order valence-electron chi connectivity index (χ0n) is 16.5. The Bertz CT molecular complexity index is 681. The van der Waals surface area contributed by atoms with Gasteiger partial charge in [0, 0.05) is 7.11 Å². The minimum Gasteiger partial charge on any atom is -0.537 e. The summed E-state index contributed by atoms with van der Waals surface area (Å²) >= 11 is 3.19. The molecule has 0 spiro atoms. The SMILES string of the molecule is COCCn1c(Br)nc(C(=O)O)c(O[Si](C(C)C)(C(C)C)C(C)C)c1=O. The van der Waals surface area contributed by atoms with Crippen molar-refractivity contribution >= 4 is 30.2 Å². The largest absolute Gasteiger partial charge is 0.537 e. The molecule has 0 fully saturated rings. The van der Waals surface area contributed by atoms with E-state index in [-0.39, 0.29) is 39.3 Å². The third-order valence-corrected chi connectivity index (χ3v) is 11.4. The van der Waals surface area contributed by atoms with Gasteiger partial charge in [0.2, 0.25) is 5.75 Å². The summed E-state index contributed by atoms with van der Waals surface area (Å²) in [6.07, 6.45) is 0. The normalized spacial score (nSPS) is 12.3. The van der Waals surface area contributed by atoms with E-state index in [4.69, 9.17) is 9.16 Å². The summed E-state index contributed by atoms with van der Waals surface area (Å²) in [5, 5.41) is 9.57. The van der Waals surface area contributed by atoms with Gasteiger partial charge >= 0.3 is 5.97 Å². The van der Waals surface area contributed by atoms with Gasteiger partial charge in [-0.05, 0) is 32.6 Å². The van der Waals surface area contributed by atoms with Crippen molar-refractivity contribution < 1.29 is 19.1 Å². The topological polar surface area (TPSA) is 90.7 Å². The first kappa shape index (κ1) is 22.8. The molecule has 1 aromatic rings. The zero-order chi connectivity index (χ0) is 20.2. The summed E-state index contributed by atoms with van der Waals surface area (Å²) in [7, 11) is -0.980. The van der Waals surface area contributed by atoms with Gasteiger partial charge in [-0.2, -0.15) is 0 Å². The quantitative estimate of drug-likeness (QED) is 0.454. The molecular weight excluding hydrogens is 420 g/mol. The van der Waals surface area contributed by atoms with E-state index in [1.54, 1.807) is 0 Å². The molecule has 0 aliphatic rings. The highest BCUT2D eigenvalue weighted by Crippen LogP contribution is 2.42. The maximum Gasteiger partial charge on any atom is 0.358 e. The van der Waals surface area contributed by atoms with Gasteiger partial charge in [0.1, 0.15) is 0 Å². The number of halogens is 1. The van der Waals surface area contributed by atoms with Crippen LogP contribution in [-0.4, -0.2) is 42.7 Å². The molecule has 0 saturated carbocycles. The lowest BCUT2D eigenvalue weighted by Crippen LogP contribution is -2.52. The van der Waals surface area contributed by atoms with Gasteiger partial charge in [-0.1, -0.05) is 41.5 Å². The highest BCUT2D eigenvalue weighted by molar-refractivity contribution is 9.10. The molecule has 1 N–H and O–H groups in total. The van der Waals surface area contributed by atoms with Crippen molar-refractivity contribution in [1.29, 1.82) is 0 Å². The number of carboxylic acid groups (broad SMARTS) is 1. The summed E-state index contributed by atoms with van der Waals surface area (Å²) < 4.78 is 12.9. The fourth-order valence-electron chi connectivity index (χ4n) is 3.65. The number of carboxylic acids is 1. The van der Waals surface area contributed by atoms with Gasteiger partial charge in [-0.15, -0.1) is 0 Å². The van der Waals surface area contributed by atoms with Crippen molar-refractivity contribution in [3.8, 4) is 5.75 Å². The summed E-state index contributed by atoms with van der Waals surface area (Å²) in [6.45, 7) is 13.0. The van der Waals surface area contributed by atoms with E-state index in [1.165, 1.54) is 11.7 Å². The number of ether oxygens (including phenoxy) is 1. The van der Waals surface area contributed by atoms with Crippen molar-refractivity contribution in [3.63, 3.8) is 0 Å². The first-order valence-electron chi connectivity index (χ1n) is 8.72. The van der Waals surface area contributed by atoms with Crippen LogP contribution in [0.5, 0.6) is 5.75 Å². The number of aromatic nitrogens is 2. The predicted octanol–water partition coefficient (Wildman–Crippen LogP) is 3.90. The molecule has 0 aromatic carbocycles. The number of hydrogen-bond acceptors (Lipinski definition) is 5. The van der Waals surface area contributed by atoms with Gasteiger partial charge in [0.25, 0.3) is 13.9 Å². The molecule has 7 nitrogen and oxygen atoms in total.